The van der Waals surface area contributed by atoms with Gasteiger partial charge in [0.2, 0.25) is 0 Å². The molecule has 2 aliphatic heterocycles. The number of rotatable bonds is 12. The Morgan fingerprint density at radius 3 is 2.42 bits per heavy atom. The average Bonchev–Trinajstić information content (AvgIpc) is 3.71. The van der Waals surface area contributed by atoms with Crippen LogP contribution in [-0.4, -0.2) is 108 Å². The summed E-state index contributed by atoms with van der Waals surface area (Å²) in [5.41, 5.74) is 3.63. The average molecular weight is 500 g/mol. The van der Waals surface area contributed by atoms with Gasteiger partial charge in [0.25, 0.3) is 0 Å². The minimum absolute atomic E-state index is 0.0605. The summed E-state index contributed by atoms with van der Waals surface area (Å²) >= 11 is 0. The lowest BCUT2D eigenvalue weighted by Gasteiger charge is -2.54. The van der Waals surface area contributed by atoms with Gasteiger partial charge in [-0.15, -0.1) is 0 Å². The number of benzene rings is 1. The minimum atomic E-state index is 0.0605. The van der Waals surface area contributed by atoms with E-state index in [2.05, 4.69) is 46.7 Å². The van der Waals surface area contributed by atoms with Crippen molar-refractivity contribution in [2.24, 2.45) is 11.8 Å². The third-order valence-corrected chi connectivity index (χ3v) is 9.23. The highest BCUT2D eigenvalue weighted by Crippen LogP contribution is 2.50. The third kappa shape index (κ3) is 5.51. The van der Waals surface area contributed by atoms with Crippen LogP contribution < -0.4 is 4.90 Å². The second-order valence-electron chi connectivity index (χ2n) is 11.5. The van der Waals surface area contributed by atoms with Crippen LogP contribution in [0, 0.1) is 11.8 Å². The molecule has 0 amide bonds. The molecule has 1 aromatic rings. The lowest BCUT2D eigenvalue weighted by atomic mass is 9.58. The standard InChI is InChI=1S/C29H45N3O4/c1-22-27-28(33)25-7-6-24(20-26(25)29(22,2)8-9-32(27)21-23-4-5-23)31-12-10-30(11-13-31)14-15-35-18-19-36-17-16-34-3/h6-7,20,22-23,27H,4-5,8-19,21H2,1-3H3/t22-,27-,29+/m0/s1. The number of piperidine rings is 1. The first-order chi connectivity index (χ1) is 17.5. The maximum atomic E-state index is 13.6. The summed E-state index contributed by atoms with van der Waals surface area (Å²) in [6, 6.07) is 6.75. The van der Waals surface area contributed by atoms with Gasteiger partial charge < -0.3 is 19.1 Å². The number of nitrogens with zero attached hydrogens (tertiary/aromatic N) is 3. The van der Waals surface area contributed by atoms with Crippen molar-refractivity contribution in [2.75, 3.05) is 90.9 Å². The molecule has 1 aromatic carbocycles. The fourth-order valence-corrected chi connectivity index (χ4v) is 6.48. The first-order valence-electron chi connectivity index (χ1n) is 14.1. The van der Waals surface area contributed by atoms with Gasteiger partial charge in [-0.2, -0.15) is 0 Å². The number of hydrogen-bond acceptors (Lipinski definition) is 7. The van der Waals surface area contributed by atoms with Crippen molar-refractivity contribution in [2.45, 2.75) is 44.6 Å². The molecule has 0 aromatic heterocycles. The van der Waals surface area contributed by atoms with Crippen LogP contribution in [-0.2, 0) is 19.6 Å². The van der Waals surface area contributed by atoms with Gasteiger partial charge in [-0.3, -0.25) is 14.6 Å². The van der Waals surface area contributed by atoms with Gasteiger partial charge >= 0.3 is 0 Å². The molecule has 1 saturated carbocycles. The van der Waals surface area contributed by atoms with Gasteiger partial charge in [0.15, 0.2) is 5.78 Å². The van der Waals surface area contributed by atoms with Gasteiger partial charge in [0, 0.05) is 57.6 Å². The predicted octanol–water partition coefficient (Wildman–Crippen LogP) is 3.06. The molecule has 7 heteroatoms. The van der Waals surface area contributed by atoms with E-state index in [-0.39, 0.29) is 11.5 Å². The highest BCUT2D eigenvalue weighted by molar-refractivity contribution is 6.04. The summed E-state index contributed by atoms with van der Waals surface area (Å²) in [6.07, 6.45) is 3.83. The van der Waals surface area contributed by atoms with E-state index in [1.165, 1.54) is 24.1 Å². The minimum Gasteiger partial charge on any atom is -0.382 e. The summed E-state index contributed by atoms with van der Waals surface area (Å²) < 4.78 is 16.2. The quantitative estimate of drug-likeness (QED) is 0.410. The van der Waals surface area contributed by atoms with Crippen molar-refractivity contribution < 1.29 is 19.0 Å². The number of methoxy groups -OCH3 is 1. The van der Waals surface area contributed by atoms with E-state index < -0.39 is 0 Å². The van der Waals surface area contributed by atoms with Crippen molar-refractivity contribution in [1.29, 1.82) is 0 Å². The van der Waals surface area contributed by atoms with E-state index in [4.69, 9.17) is 14.2 Å². The number of likely N-dealkylation sites (tertiary alicyclic amines) is 1. The molecule has 2 heterocycles. The van der Waals surface area contributed by atoms with Gasteiger partial charge in [0.05, 0.1) is 39.1 Å². The molecule has 0 N–H and O–H groups in total. The Hall–Kier alpha value is -1.51. The van der Waals surface area contributed by atoms with Crippen molar-refractivity contribution in [3.8, 4) is 0 Å². The summed E-state index contributed by atoms with van der Waals surface area (Å²) in [4.78, 5) is 21.1. The van der Waals surface area contributed by atoms with Crippen molar-refractivity contribution in [1.82, 2.24) is 9.80 Å². The van der Waals surface area contributed by atoms with Gasteiger partial charge in [-0.25, -0.2) is 0 Å². The number of carbonyl (C=O) groups is 1. The topological polar surface area (TPSA) is 54.5 Å². The Balaban J connectivity index is 1.15. The fraction of sp³-hybridized carbons (Fsp3) is 0.759. The lowest BCUT2D eigenvalue weighted by molar-refractivity contribution is 0.0192. The van der Waals surface area contributed by atoms with Crippen LogP contribution in [0.1, 0.15) is 49.0 Å². The second-order valence-corrected chi connectivity index (χ2v) is 11.5. The van der Waals surface area contributed by atoms with E-state index >= 15 is 0 Å². The smallest absolute Gasteiger partial charge is 0.180 e. The Bertz CT molecular complexity index is 899. The van der Waals surface area contributed by atoms with Crippen LogP contribution >= 0.6 is 0 Å². The molecule has 0 spiro atoms. The Morgan fingerprint density at radius 1 is 0.972 bits per heavy atom. The fourth-order valence-electron chi connectivity index (χ4n) is 6.48. The van der Waals surface area contributed by atoms with E-state index in [0.29, 0.717) is 38.1 Å². The van der Waals surface area contributed by atoms with E-state index in [9.17, 15) is 4.79 Å². The second kappa shape index (κ2) is 11.5. The molecule has 36 heavy (non-hydrogen) atoms. The molecule has 0 radical (unpaired) electrons. The molecule has 200 valence electrons. The number of ketones is 1. The SMILES string of the molecule is COCCOCCOCCN1CCN(c2ccc3c(c2)[C@]2(C)CCN(CC4CC4)[C@H](C3=O)[C@@H]2C)CC1. The van der Waals surface area contributed by atoms with E-state index in [1.807, 2.05) is 0 Å². The molecule has 5 rings (SSSR count). The summed E-state index contributed by atoms with van der Waals surface area (Å²) in [7, 11) is 1.68. The number of carbonyl (C=O) groups excluding carboxylic acids is 1. The number of piperazine rings is 1. The molecule has 0 unspecified atom stereocenters. The maximum absolute atomic E-state index is 13.6. The van der Waals surface area contributed by atoms with Crippen LogP contribution in [0.4, 0.5) is 5.69 Å². The Labute approximate surface area is 217 Å². The van der Waals surface area contributed by atoms with Crippen LogP contribution in [0.25, 0.3) is 0 Å². The van der Waals surface area contributed by atoms with Crippen molar-refractivity contribution >= 4 is 11.5 Å². The van der Waals surface area contributed by atoms with E-state index in [1.54, 1.807) is 7.11 Å². The van der Waals surface area contributed by atoms with Crippen LogP contribution in [0.3, 0.4) is 0 Å². The molecule has 2 aliphatic carbocycles. The normalized spacial score (nSPS) is 29.0. The third-order valence-electron chi connectivity index (χ3n) is 9.23. The number of Topliss-reactive ketones (excluding diaryl/α,β-unsaturated/α-hetero) is 1. The van der Waals surface area contributed by atoms with Crippen LogP contribution in [0.15, 0.2) is 18.2 Å². The first kappa shape index (κ1) is 26.1. The lowest BCUT2D eigenvalue weighted by Crippen LogP contribution is -2.61. The molecule has 2 saturated heterocycles. The molecule has 3 atom stereocenters. The molecule has 3 fully saturated rings. The number of hydrogen-bond donors (Lipinski definition) is 0. The molecule has 2 bridgehead atoms. The first-order valence-corrected chi connectivity index (χ1v) is 14.1. The highest BCUT2D eigenvalue weighted by Gasteiger charge is 2.53. The predicted molar refractivity (Wildman–Crippen MR) is 142 cm³/mol. The van der Waals surface area contributed by atoms with Crippen LogP contribution in [0.5, 0.6) is 0 Å². The zero-order chi connectivity index (χ0) is 25.1. The highest BCUT2D eigenvalue weighted by atomic mass is 16.5. The molecular formula is C29H45N3O4. The van der Waals surface area contributed by atoms with Crippen molar-refractivity contribution in [3.05, 3.63) is 29.3 Å². The number of anilines is 1. The number of fused-ring (bicyclic) bond motifs is 4. The Kier molecular flexibility index (Phi) is 8.33. The van der Waals surface area contributed by atoms with Crippen molar-refractivity contribution in [3.63, 3.8) is 0 Å². The summed E-state index contributed by atoms with van der Waals surface area (Å²) in [5, 5.41) is 0. The monoisotopic (exact) mass is 499 g/mol. The maximum Gasteiger partial charge on any atom is 0.180 e. The molecule has 4 aliphatic rings. The Morgan fingerprint density at radius 2 is 1.69 bits per heavy atom. The van der Waals surface area contributed by atoms with Gasteiger partial charge in [-0.05, 0) is 66.8 Å². The van der Waals surface area contributed by atoms with Crippen LogP contribution in [0.2, 0.25) is 0 Å². The summed E-state index contributed by atoms with van der Waals surface area (Å²) in [6.45, 7) is 15.2. The van der Waals surface area contributed by atoms with Gasteiger partial charge in [-0.1, -0.05) is 13.8 Å². The largest absolute Gasteiger partial charge is 0.382 e. The molecular weight excluding hydrogens is 454 g/mol. The number of ether oxygens (including phenoxy) is 3. The summed E-state index contributed by atoms with van der Waals surface area (Å²) in [5.74, 6) is 1.54. The molecule has 7 nitrogen and oxygen atoms in total. The zero-order valence-electron chi connectivity index (χ0n) is 22.5. The van der Waals surface area contributed by atoms with Gasteiger partial charge in [0.1, 0.15) is 0 Å². The zero-order valence-corrected chi connectivity index (χ0v) is 22.5. The van der Waals surface area contributed by atoms with E-state index in [0.717, 1.165) is 70.3 Å².